The summed E-state index contributed by atoms with van der Waals surface area (Å²) in [4.78, 5) is 32.8. The first-order chi connectivity index (χ1) is 10.7. The Morgan fingerprint density at radius 2 is 1.13 bits per heavy atom. The zero-order valence-electron chi connectivity index (χ0n) is 13.2. The zero-order valence-corrected chi connectivity index (χ0v) is 13.2. The fraction of sp³-hybridized carbons (Fsp3) is 0.167. The van der Waals surface area contributed by atoms with Crippen LogP contribution in [-0.2, 0) is 0 Å². The van der Waals surface area contributed by atoms with Crippen molar-refractivity contribution in [3.8, 4) is 11.5 Å². The molecule has 5 heteroatoms. The third-order valence-corrected chi connectivity index (χ3v) is 3.05. The van der Waals surface area contributed by atoms with Crippen LogP contribution in [0.5, 0.6) is 11.5 Å². The van der Waals surface area contributed by atoms with Gasteiger partial charge >= 0.3 is 0 Å². The van der Waals surface area contributed by atoms with Crippen LogP contribution in [0.2, 0.25) is 0 Å². The molecule has 0 atom stereocenters. The highest BCUT2D eigenvalue weighted by molar-refractivity contribution is 6.07. The number of rotatable bonds is 3. The Balaban J connectivity index is 0.000000231. The summed E-state index contributed by atoms with van der Waals surface area (Å²) in [6.45, 7) is 4.27. The number of carbonyl (C=O) groups is 3. The predicted molar refractivity (Wildman–Crippen MR) is 86.2 cm³/mol. The minimum Gasteiger partial charge on any atom is -0.508 e. The Kier molecular flexibility index (Phi) is 6.21. The van der Waals surface area contributed by atoms with E-state index < -0.39 is 0 Å². The molecular formula is C18H18O5. The lowest BCUT2D eigenvalue weighted by Crippen LogP contribution is -2.02. The summed E-state index contributed by atoms with van der Waals surface area (Å²) < 4.78 is 0. The molecule has 0 saturated heterocycles. The van der Waals surface area contributed by atoms with Crippen LogP contribution in [0.4, 0.5) is 0 Å². The van der Waals surface area contributed by atoms with Crippen LogP contribution in [0, 0.1) is 0 Å². The van der Waals surface area contributed by atoms with Gasteiger partial charge in [0.2, 0.25) is 0 Å². The third-order valence-electron chi connectivity index (χ3n) is 3.05. The van der Waals surface area contributed by atoms with E-state index in [2.05, 4.69) is 0 Å². The molecule has 2 aromatic carbocycles. The molecule has 2 aromatic rings. The van der Waals surface area contributed by atoms with E-state index in [-0.39, 0.29) is 34.4 Å². The molecule has 120 valence electrons. The summed E-state index contributed by atoms with van der Waals surface area (Å²) in [6, 6.07) is 10.7. The Labute approximate surface area is 134 Å². The third kappa shape index (κ3) is 5.07. The second kappa shape index (κ2) is 7.89. The molecule has 2 N–H and O–H groups in total. The number of Topliss-reactive ketones (excluding diaryl/α,β-unsaturated/α-hetero) is 3. The SMILES string of the molecule is CC(=O)c1ccc(O)cc1O.CC(=O)c1ccccc1C(C)=O. The van der Waals surface area contributed by atoms with E-state index in [0.29, 0.717) is 11.1 Å². The molecular weight excluding hydrogens is 296 g/mol. The first-order valence-corrected chi connectivity index (χ1v) is 6.87. The second-order valence-corrected chi connectivity index (χ2v) is 4.92. The van der Waals surface area contributed by atoms with Crippen molar-refractivity contribution in [3.05, 3.63) is 59.2 Å². The first kappa shape index (κ1) is 18.1. The van der Waals surface area contributed by atoms with Crippen molar-refractivity contribution in [2.45, 2.75) is 20.8 Å². The summed E-state index contributed by atoms with van der Waals surface area (Å²) in [7, 11) is 0. The Morgan fingerprint density at radius 1 is 0.696 bits per heavy atom. The van der Waals surface area contributed by atoms with Crippen molar-refractivity contribution < 1.29 is 24.6 Å². The summed E-state index contributed by atoms with van der Waals surface area (Å²) >= 11 is 0. The molecule has 0 aliphatic carbocycles. The second-order valence-electron chi connectivity index (χ2n) is 4.92. The van der Waals surface area contributed by atoms with E-state index in [1.54, 1.807) is 24.3 Å². The van der Waals surface area contributed by atoms with E-state index in [1.165, 1.54) is 32.9 Å². The highest BCUT2D eigenvalue weighted by Gasteiger charge is 2.08. The molecule has 0 heterocycles. The smallest absolute Gasteiger partial charge is 0.163 e. The molecule has 2 rings (SSSR count). The van der Waals surface area contributed by atoms with Crippen molar-refractivity contribution in [3.63, 3.8) is 0 Å². The maximum absolute atomic E-state index is 11.0. The highest BCUT2D eigenvalue weighted by Crippen LogP contribution is 2.22. The monoisotopic (exact) mass is 314 g/mol. The number of hydrogen-bond donors (Lipinski definition) is 2. The number of aromatic hydroxyl groups is 2. The standard InChI is InChI=1S/C10H10O2.C8H8O3/c1-7(11)9-5-3-4-6-10(9)8(2)12;1-5(9)7-3-2-6(10)4-8(7)11/h3-6H,1-2H3;2-4,10-11H,1H3. The van der Waals surface area contributed by atoms with Gasteiger partial charge in [0.05, 0.1) is 5.56 Å². The highest BCUT2D eigenvalue weighted by atomic mass is 16.3. The Morgan fingerprint density at radius 3 is 1.48 bits per heavy atom. The van der Waals surface area contributed by atoms with Gasteiger partial charge in [-0.1, -0.05) is 24.3 Å². The molecule has 0 amide bonds. The topological polar surface area (TPSA) is 91.7 Å². The van der Waals surface area contributed by atoms with Gasteiger partial charge in [-0.2, -0.15) is 0 Å². The molecule has 5 nitrogen and oxygen atoms in total. The van der Waals surface area contributed by atoms with Gasteiger partial charge in [0.1, 0.15) is 11.5 Å². The number of ketones is 3. The molecule has 0 bridgehead atoms. The largest absolute Gasteiger partial charge is 0.508 e. The molecule has 0 spiro atoms. The van der Waals surface area contributed by atoms with Crippen molar-refractivity contribution >= 4 is 17.3 Å². The maximum atomic E-state index is 11.0. The average molecular weight is 314 g/mol. The Bertz CT molecular complexity index is 714. The number of phenols is 2. The van der Waals surface area contributed by atoms with Crippen LogP contribution >= 0.6 is 0 Å². The number of hydrogen-bond acceptors (Lipinski definition) is 5. The lowest BCUT2D eigenvalue weighted by atomic mass is 10.0. The molecule has 0 radical (unpaired) electrons. The lowest BCUT2D eigenvalue weighted by molar-refractivity contribution is 0.0981. The van der Waals surface area contributed by atoms with Gasteiger partial charge in [-0.15, -0.1) is 0 Å². The van der Waals surface area contributed by atoms with Crippen molar-refractivity contribution in [1.29, 1.82) is 0 Å². The maximum Gasteiger partial charge on any atom is 0.163 e. The summed E-state index contributed by atoms with van der Waals surface area (Å²) in [5.74, 6) is -0.589. The van der Waals surface area contributed by atoms with Gasteiger partial charge in [-0.05, 0) is 32.9 Å². The van der Waals surface area contributed by atoms with E-state index in [4.69, 9.17) is 10.2 Å². The first-order valence-electron chi connectivity index (χ1n) is 6.87. The van der Waals surface area contributed by atoms with Crippen LogP contribution in [0.25, 0.3) is 0 Å². The van der Waals surface area contributed by atoms with Crippen LogP contribution in [0.3, 0.4) is 0 Å². The zero-order chi connectivity index (χ0) is 17.6. The normalized spacial score (nSPS) is 9.52. The van der Waals surface area contributed by atoms with Crippen LogP contribution in [0.15, 0.2) is 42.5 Å². The summed E-state index contributed by atoms with van der Waals surface area (Å²) in [6.07, 6.45) is 0. The summed E-state index contributed by atoms with van der Waals surface area (Å²) in [5.41, 5.74) is 1.23. The van der Waals surface area contributed by atoms with E-state index >= 15 is 0 Å². The van der Waals surface area contributed by atoms with Crippen molar-refractivity contribution in [2.75, 3.05) is 0 Å². The summed E-state index contributed by atoms with van der Waals surface area (Å²) in [5, 5.41) is 17.9. The molecule has 0 aliphatic heterocycles. The van der Waals surface area contributed by atoms with Gasteiger partial charge in [-0.25, -0.2) is 0 Å². The van der Waals surface area contributed by atoms with Crippen LogP contribution < -0.4 is 0 Å². The predicted octanol–water partition coefficient (Wildman–Crippen LogP) is 3.39. The van der Waals surface area contributed by atoms with E-state index in [9.17, 15) is 14.4 Å². The van der Waals surface area contributed by atoms with Crippen molar-refractivity contribution in [2.24, 2.45) is 0 Å². The Hall–Kier alpha value is -2.95. The lowest BCUT2D eigenvalue weighted by Gasteiger charge is -2.00. The van der Waals surface area contributed by atoms with Crippen molar-refractivity contribution in [1.82, 2.24) is 0 Å². The van der Waals surface area contributed by atoms with Gasteiger partial charge < -0.3 is 10.2 Å². The van der Waals surface area contributed by atoms with Crippen LogP contribution in [0.1, 0.15) is 51.8 Å². The number of phenolic OH excluding ortho intramolecular Hbond substituents is 2. The van der Waals surface area contributed by atoms with Gasteiger partial charge in [-0.3, -0.25) is 14.4 Å². The van der Waals surface area contributed by atoms with E-state index in [0.717, 1.165) is 6.07 Å². The number of benzene rings is 2. The number of carbonyl (C=O) groups excluding carboxylic acids is 3. The quantitative estimate of drug-likeness (QED) is 0.847. The van der Waals surface area contributed by atoms with E-state index in [1.807, 2.05) is 0 Å². The van der Waals surface area contributed by atoms with Gasteiger partial charge in [0.25, 0.3) is 0 Å². The molecule has 0 aliphatic rings. The minimum absolute atomic E-state index is 0.0486. The van der Waals surface area contributed by atoms with Gasteiger partial charge in [0.15, 0.2) is 17.3 Å². The molecule has 0 saturated carbocycles. The minimum atomic E-state index is -0.220. The fourth-order valence-electron chi connectivity index (χ4n) is 1.91. The van der Waals surface area contributed by atoms with Gasteiger partial charge in [0, 0.05) is 17.2 Å². The van der Waals surface area contributed by atoms with Crippen LogP contribution in [-0.4, -0.2) is 27.6 Å². The average Bonchev–Trinajstić information content (AvgIpc) is 2.47. The fourth-order valence-corrected chi connectivity index (χ4v) is 1.91. The molecule has 0 fully saturated rings. The molecule has 0 aromatic heterocycles. The molecule has 0 unspecified atom stereocenters. The molecule has 23 heavy (non-hydrogen) atoms.